The molecular formula is C14H13NO4. The first kappa shape index (κ1) is 11.9. The van der Waals surface area contributed by atoms with Gasteiger partial charge < -0.3 is 14.3 Å². The molecule has 5 heteroatoms. The highest BCUT2D eigenvalue weighted by Crippen LogP contribution is 2.28. The number of hydrogen-bond acceptors (Lipinski definition) is 4. The van der Waals surface area contributed by atoms with Gasteiger partial charge >= 0.3 is 5.97 Å². The summed E-state index contributed by atoms with van der Waals surface area (Å²) in [7, 11) is 0. The summed E-state index contributed by atoms with van der Waals surface area (Å²) in [5.41, 5.74) is 3.51. The molecule has 0 bridgehead atoms. The van der Waals surface area contributed by atoms with Crippen molar-refractivity contribution < 1.29 is 19.1 Å². The van der Waals surface area contributed by atoms with Crippen molar-refractivity contribution in [2.75, 3.05) is 0 Å². The second kappa shape index (κ2) is 4.51. The third kappa shape index (κ3) is 2.02. The average Bonchev–Trinajstić information content (AvgIpc) is 3.04. The lowest BCUT2D eigenvalue weighted by atomic mass is 10.1. The number of fused-ring (bicyclic) bond motifs is 1. The van der Waals surface area contributed by atoms with Crippen LogP contribution >= 0.6 is 0 Å². The van der Waals surface area contributed by atoms with Crippen LogP contribution in [0.15, 0.2) is 22.6 Å². The van der Waals surface area contributed by atoms with Crippen LogP contribution in [0.2, 0.25) is 0 Å². The SMILES string of the molecule is CCc1nc(-c2ccc3c(c2)COC3)oc1C(=O)O. The van der Waals surface area contributed by atoms with E-state index in [9.17, 15) is 4.79 Å². The fourth-order valence-corrected chi connectivity index (χ4v) is 2.19. The number of aromatic carboxylic acids is 1. The molecule has 0 radical (unpaired) electrons. The molecule has 3 rings (SSSR count). The van der Waals surface area contributed by atoms with E-state index in [1.807, 2.05) is 25.1 Å². The number of aryl methyl sites for hydroxylation is 1. The van der Waals surface area contributed by atoms with Gasteiger partial charge in [-0.3, -0.25) is 0 Å². The van der Waals surface area contributed by atoms with E-state index >= 15 is 0 Å². The number of carboxylic acids is 1. The lowest BCUT2D eigenvalue weighted by Gasteiger charge is -1.99. The van der Waals surface area contributed by atoms with Gasteiger partial charge in [-0.2, -0.15) is 0 Å². The number of ether oxygens (including phenoxy) is 1. The van der Waals surface area contributed by atoms with Gasteiger partial charge in [0.2, 0.25) is 11.7 Å². The van der Waals surface area contributed by atoms with E-state index < -0.39 is 5.97 Å². The van der Waals surface area contributed by atoms with E-state index in [2.05, 4.69) is 4.98 Å². The highest BCUT2D eigenvalue weighted by Gasteiger charge is 2.20. The Morgan fingerprint density at radius 1 is 1.37 bits per heavy atom. The highest BCUT2D eigenvalue weighted by atomic mass is 16.5. The van der Waals surface area contributed by atoms with E-state index in [1.54, 1.807) is 0 Å². The minimum Gasteiger partial charge on any atom is -0.475 e. The van der Waals surface area contributed by atoms with Gasteiger partial charge in [0.25, 0.3) is 0 Å². The molecule has 0 atom stereocenters. The van der Waals surface area contributed by atoms with E-state index in [1.165, 1.54) is 0 Å². The van der Waals surface area contributed by atoms with E-state index in [4.69, 9.17) is 14.3 Å². The topological polar surface area (TPSA) is 72.6 Å². The van der Waals surface area contributed by atoms with Crippen molar-refractivity contribution >= 4 is 5.97 Å². The fraction of sp³-hybridized carbons (Fsp3) is 0.286. The highest BCUT2D eigenvalue weighted by molar-refractivity contribution is 5.86. The van der Waals surface area contributed by atoms with Crippen molar-refractivity contribution in [1.82, 2.24) is 4.98 Å². The predicted octanol–water partition coefficient (Wildman–Crippen LogP) is 2.63. The number of hydrogen-bond donors (Lipinski definition) is 1. The summed E-state index contributed by atoms with van der Waals surface area (Å²) in [5, 5.41) is 9.06. The molecule has 0 spiro atoms. The van der Waals surface area contributed by atoms with Crippen LogP contribution in [0.5, 0.6) is 0 Å². The molecule has 1 aromatic heterocycles. The van der Waals surface area contributed by atoms with Crippen LogP contribution in [-0.2, 0) is 24.4 Å². The van der Waals surface area contributed by atoms with Gasteiger partial charge in [-0.05, 0) is 29.7 Å². The van der Waals surface area contributed by atoms with Crippen molar-refractivity contribution in [2.24, 2.45) is 0 Å². The van der Waals surface area contributed by atoms with E-state index in [0.717, 1.165) is 16.7 Å². The zero-order valence-corrected chi connectivity index (χ0v) is 10.5. The van der Waals surface area contributed by atoms with Gasteiger partial charge in [0.1, 0.15) is 0 Å². The molecule has 2 heterocycles. The number of carboxylic acid groups (broad SMARTS) is 1. The Labute approximate surface area is 109 Å². The van der Waals surface area contributed by atoms with Crippen molar-refractivity contribution in [1.29, 1.82) is 0 Å². The Morgan fingerprint density at radius 2 is 2.16 bits per heavy atom. The maximum Gasteiger partial charge on any atom is 0.373 e. The maximum absolute atomic E-state index is 11.1. The summed E-state index contributed by atoms with van der Waals surface area (Å²) < 4.78 is 10.7. The minimum atomic E-state index is -1.08. The molecule has 1 aliphatic heterocycles. The molecule has 1 N–H and O–H groups in total. The quantitative estimate of drug-likeness (QED) is 0.917. The number of aromatic nitrogens is 1. The zero-order valence-electron chi connectivity index (χ0n) is 10.5. The Balaban J connectivity index is 2.04. The van der Waals surface area contributed by atoms with Crippen LogP contribution in [0.3, 0.4) is 0 Å². The Morgan fingerprint density at radius 3 is 2.84 bits per heavy atom. The molecule has 98 valence electrons. The van der Waals surface area contributed by atoms with Crippen LogP contribution in [0.1, 0.15) is 34.3 Å². The summed E-state index contributed by atoms with van der Waals surface area (Å²) in [6.45, 7) is 3.06. The van der Waals surface area contributed by atoms with Crippen LogP contribution in [0, 0.1) is 0 Å². The lowest BCUT2D eigenvalue weighted by molar-refractivity contribution is 0.0662. The maximum atomic E-state index is 11.1. The first-order valence-corrected chi connectivity index (χ1v) is 6.12. The van der Waals surface area contributed by atoms with Crippen molar-refractivity contribution in [2.45, 2.75) is 26.6 Å². The smallest absolute Gasteiger partial charge is 0.373 e. The molecule has 0 fully saturated rings. The monoisotopic (exact) mass is 259 g/mol. The Hall–Kier alpha value is -2.14. The second-order valence-corrected chi connectivity index (χ2v) is 4.43. The molecule has 5 nitrogen and oxygen atoms in total. The molecule has 0 unspecified atom stereocenters. The fourth-order valence-electron chi connectivity index (χ4n) is 2.19. The molecule has 0 aliphatic carbocycles. The van der Waals surface area contributed by atoms with Crippen molar-refractivity contribution in [3.63, 3.8) is 0 Å². The van der Waals surface area contributed by atoms with Gasteiger partial charge in [0, 0.05) is 5.56 Å². The third-order valence-corrected chi connectivity index (χ3v) is 3.19. The van der Waals surface area contributed by atoms with Crippen molar-refractivity contribution in [3.05, 3.63) is 40.8 Å². The number of carbonyl (C=O) groups is 1. The van der Waals surface area contributed by atoms with Gasteiger partial charge in [-0.1, -0.05) is 13.0 Å². The summed E-state index contributed by atoms with van der Waals surface area (Å²) >= 11 is 0. The van der Waals surface area contributed by atoms with Crippen LogP contribution in [0.4, 0.5) is 0 Å². The third-order valence-electron chi connectivity index (χ3n) is 3.19. The largest absolute Gasteiger partial charge is 0.475 e. The van der Waals surface area contributed by atoms with Gasteiger partial charge in [0.15, 0.2) is 0 Å². The number of rotatable bonds is 3. The first-order valence-electron chi connectivity index (χ1n) is 6.12. The van der Waals surface area contributed by atoms with Gasteiger partial charge in [-0.15, -0.1) is 0 Å². The summed E-state index contributed by atoms with van der Waals surface area (Å²) in [6, 6.07) is 5.79. The molecule has 2 aromatic rings. The molecule has 1 aliphatic rings. The molecule has 1 aromatic carbocycles. The van der Waals surface area contributed by atoms with Gasteiger partial charge in [0.05, 0.1) is 18.9 Å². The first-order chi connectivity index (χ1) is 9.19. The number of nitrogens with zero attached hydrogens (tertiary/aromatic N) is 1. The average molecular weight is 259 g/mol. The minimum absolute atomic E-state index is 0.0748. The van der Waals surface area contributed by atoms with Crippen LogP contribution in [-0.4, -0.2) is 16.1 Å². The second-order valence-electron chi connectivity index (χ2n) is 4.43. The van der Waals surface area contributed by atoms with Crippen molar-refractivity contribution in [3.8, 4) is 11.5 Å². The number of oxazole rings is 1. The number of benzene rings is 1. The van der Waals surface area contributed by atoms with E-state index in [-0.39, 0.29) is 5.76 Å². The standard InChI is InChI=1S/C14H13NO4/c1-2-11-12(14(16)17)19-13(15-11)8-3-4-9-6-18-7-10(9)5-8/h3-5H,2,6-7H2,1H3,(H,16,17). The Bertz CT molecular complexity index is 645. The summed E-state index contributed by atoms with van der Waals surface area (Å²) in [6.07, 6.45) is 0.527. The normalized spacial score (nSPS) is 13.5. The summed E-state index contributed by atoms with van der Waals surface area (Å²) in [5.74, 6) is -0.807. The summed E-state index contributed by atoms with van der Waals surface area (Å²) in [4.78, 5) is 15.3. The van der Waals surface area contributed by atoms with Crippen LogP contribution < -0.4 is 0 Å². The molecular weight excluding hydrogens is 246 g/mol. The van der Waals surface area contributed by atoms with E-state index in [0.29, 0.717) is 31.2 Å². The zero-order chi connectivity index (χ0) is 13.4. The van der Waals surface area contributed by atoms with Gasteiger partial charge in [-0.25, -0.2) is 9.78 Å². The molecule has 0 saturated carbocycles. The molecule has 0 amide bonds. The lowest BCUT2D eigenvalue weighted by Crippen LogP contribution is -1.98. The van der Waals surface area contributed by atoms with Crippen LogP contribution in [0.25, 0.3) is 11.5 Å². The molecule has 0 saturated heterocycles. The Kier molecular flexibility index (Phi) is 2.83. The predicted molar refractivity (Wildman–Crippen MR) is 66.8 cm³/mol. The molecule has 19 heavy (non-hydrogen) atoms.